The van der Waals surface area contributed by atoms with E-state index in [-0.39, 0.29) is 0 Å². The first kappa shape index (κ1) is 12.5. The highest BCUT2D eigenvalue weighted by atomic mass is 79.9. The summed E-state index contributed by atoms with van der Waals surface area (Å²) in [6.07, 6.45) is 13.9. The van der Waals surface area contributed by atoms with Gasteiger partial charge >= 0.3 is 0 Å². The molecule has 0 N–H and O–H groups in total. The third kappa shape index (κ3) is 2.58. The maximum absolute atomic E-state index is 6.17. The van der Waals surface area contributed by atoms with Gasteiger partial charge in [0.15, 0.2) is 0 Å². The van der Waals surface area contributed by atoms with E-state index in [0.717, 1.165) is 23.3 Å². The summed E-state index contributed by atoms with van der Waals surface area (Å²) in [5, 5.41) is 0. The van der Waals surface area contributed by atoms with E-state index >= 15 is 0 Å². The van der Waals surface area contributed by atoms with Gasteiger partial charge in [-0.05, 0) is 50.4 Å². The van der Waals surface area contributed by atoms with Crippen molar-refractivity contribution in [2.24, 2.45) is 11.8 Å². The molecular formula is C15H25BrO. The van der Waals surface area contributed by atoms with Gasteiger partial charge in [-0.25, -0.2) is 0 Å². The van der Waals surface area contributed by atoms with Crippen LogP contribution in [0, 0.1) is 11.8 Å². The SMILES string of the molecule is BrC1CCCCC1C1CCOC2(CCCC2)C1. The molecule has 1 saturated heterocycles. The third-order valence-corrected chi connectivity index (χ3v) is 6.52. The van der Waals surface area contributed by atoms with Crippen molar-refractivity contribution in [2.75, 3.05) is 6.61 Å². The molecule has 3 rings (SSSR count). The maximum Gasteiger partial charge on any atom is 0.0685 e. The van der Waals surface area contributed by atoms with Gasteiger partial charge in [-0.1, -0.05) is 41.6 Å². The molecule has 2 heteroatoms. The predicted octanol–water partition coefficient (Wildman–Crippen LogP) is 4.68. The normalized spacial score (nSPS) is 41.8. The van der Waals surface area contributed by atoms with Crippen LogP contribution in [0.25, 0.3) is 0 Å². The molecular weight excluding hydrogens is 276 g/mol. The van der Waals surface area contributed by atoms with E-state index < -0.39 is 0 Å². The van der Waals surface area contributed by atoms with Crippen LogP contribution in [0.15, 0.2) is 0 Å². The molecule has 2 saturated carbocycles. The van der Waals surface area contributed by atoms with Crippen molar-refractivity contribution in [3.63, 3.8) is 0 Å². The highest BCUT2D eigenvalue weighted by Crippen LogP contribution is 2.47. The highest BCUT2D eigenvalue weighted by Gasteiger charge is 2.43. The molecule has 2 aliphatic carbocycles. The molecule has 3 unspecified atom stereocenters. The van der Waals surface area contributed by atoms with Crippen LogP contribution >= 0.6 is 15.9 Å². The fourth-order valence-electron chi connectivity index (χ4n) is 4.44. The second-order valence-electron chi connectivity index (χ2n) is 6.46. The van der Waals surface area contributed by atoms with E-state index in [2.05, 4.69) is 15.9 Å². The summed E-state index contributed by atoms with van der Waals surface area (Å²) in [7, 11) is 0. The standard InChI is InChI=1S/C15H25BrO/c16-14-6-2-1-5-13(14)12-7-10-17-15(11-12)8-3-4-9-15/h12-14H,1-11H2. The van der Waals surface area contributed by atoms with E-state index in [1.165, 1.54) is 64.2 Å². The fourth-order valence-corrected chi connectivity index (χ4v) is 5.46. The molecule has 0 aromatic carbocycles. The minimum atomic E-state index is 0.313. The first-order valence-electron chi connectivity index (χ1n) is 7.57. The number of rotatable bonds is 1. The largest absolute Gasteiger partial charge is 0.375 e. The van der Waals surface area contributed by atoms with Crippen molar-refractivity contribution in [1.29, 1.82) is 0 Å². The summed E-state index contributed by atoms with van der Waals surface area (Å²) in [6.45, 7) is 1.03. The Labute approximate surface area is 114 Å². The van der Waals surface area contributed by atoms with E-state index in [4.69, 9.17) is 4.74 Å². The number of hydrogen-bond acceptors (Lipinski definition) is 1. The van der Waals surface area contributed by atoms with Crippen molar-refractivity contribution in [1.82, 2.24) is 0 Å². The lowest BCUT2D eigenvalue weighted by atomic mass is 9.72. The maximum atomic E-state index is 6.17. The van der Waals surface area contributed by atoms with Gasteiger partial charge in [0, 0.05) is 11.4 Å². The van der Waals surface area contributed by atoms with Gasteiger partial charge in [0.05, 0.1) is 5.60 Å². The molecule has 0 bridgehead atoms. The van der Waals surface area contributed by atoms with Gasteiger partial charge in [0.1, 0.15) is 0 Å². The first-order valence-corrected chi connectivity index (χ1v) is 8.49. The quantitative estimate of drug-likeness (QED) is 0.639. The molecule has 1 nitrogen and oxygen atoms in total. The Hall–Kier alpha value is 0.440. The van der Waals surface area contributed by atoms with Crippen molar-refractivity contribution >= 4 is 15.9 Å². The lowest BCUT2D eigenvalue weighted by molar-refractivity contribution is -0.103. The molecule has 3 fully saturated rings. The average molecular weight is 301 g/mol. The number of alkyl halides is 1. The summed E-state index contributed by atoms with van der Waals surface area (Å²) < 4.78 is 6.17. The lowest BCUT2D eigenvalue weighted by Crippen LogP contribution is -2.41. The minimum Gasteiger partial charge on any atom is -0.375 e. The highest BCUT2D eigenvalue weighted by molar-refractivity contribution is 9.09. The summed E-state index contributed by atoms with van der Waals surface area (Å²) in [6, 6.07) is 0. The minimum absolute atomic E-state index is 0.313. The molecule has 3 aliphatic rings. The Morgan fingerprint density at radius 2 is 1.71 bits per heavy atom. The molecule has 0 amide bonds. The Morgan fingerprint density at radius 3 is 2.47 bits per heavy atom. The monoisotopic (exact) mass is 300 g/mol. The lowest BCUT2D eigenvalue weighted by Gasteiger charge is -2.43. The van der Waals surface area contributed by atoms with E-state index in [1.54, 1.807) is 0 Å². The molecule has 0 aromatic rings. The van der Waals surface area contributed by atoms with Crippen LogP contribution in [-0.4, -0.2) is 17.0 Å². The van der Waals surface area contributed by atoms with Gasteiger partial charge in [0.2, 0.25) is 0 Å². The molecule has 1 spiro atoms. The molecule has 3 atom stereocenters. The summed E-state index contributed by atoms with van der Waals surface area (Å²) in [4.78, 5) is 0.790. The van der Waals surface area contributed by atoms with Crippen LogP contribution in [0.3, 0.4) is 0 Å². The van der Waals surface area contributed by atoms with Crippen molar-refractivity contribution in [3.05, 3.63) is 0 Å². The van der Waals surface area contributed by atoms with Gasteiger partial charge in [-0.2, -0.15) is 0 Å². The Kier molecular flexibility index (Phi) is 3.82. The second-order valence-corrected chi connectivity index (χ2v) is 7.63. The van der Waals surface area contributed by atoms with E-state index in [9.17, 15) is 0 Å². The van der Waals surface area contributed by atoms with E-state index in [0.29, 0.717) is 5.60 Å². The van der Waals surface area contributed by atoms with E-state index in [1.807, 2.05) is 0 Å². The van der Waals surface area contributed by atoms with Gasteiger partial charge < -0.3 is 4.74 Å². The zero-order valence-corrected chi connectivity index (χ0v) is 12.4. The average Bonchev–Trinajstić information content (AvgIpc) is 2.78. The van der Waals surface area contributed by atoms with Crippen LogP contribution in [0.2, 0.25) is 0 Å². The topological polar surface area (TPSA) is 9.23 Å². The zero-order chi connectivity index (χ0) is 11.7. The Balaban J connectivity index is 1.66. The third-order valence-electron chi connectivity index (χ3n) is 5.38. The zero-order valence-electron chi connectivity index (χ0n) is 10.8. The Bertz CT molecular complexity index is 260. The predicted molar refractivity (Wildman–Crippen MR) is 74.5 cm³/mol. The number of hydrogen-bond donors (Lipinski definition) is 0. The smallest absolute Gasteiger partial charge is 0.0685 e. The molecule has 1 aliphatic heterocycles. The number of ether oxygens (including phenoxy) is 1. The molecule has 1 heterocycles. The van der Waals surface area contributed by atoms with Gasteiger partial charge in [-0.15, -0.1) is 0 Å². The van der Waals surface area contributed by atoms with Crippen molar-refractivity contribution in [3.8, 4) is 0 Å². The molecule has 0 radical (unpaired) electrons. The van der Waals surface area contributed by atoms with Crippen molar-refractivity contribution < 1.29 is 4.74 Å². The molecule has 0 aromatic heterocycles. The second kappa shape index (κ2) is 5.21. The van der Waals surface area contributed by atoms with Gasteiger partial charge in [-0.3, -0.25) is 0 Å². The summed E-state index contributed by atoms with van der Waals surface area (Å²) in [5.74, 6) is 1.87. The van der Waals surface area contributed by atoms with Crippen LogP contribution in [-0.2, 0) is 4.74 Å². The first-order chi connectivity index (χ1) is 8.29. The fraction of sp³-hybridized carbons (Fsp3) is 1.00. The van der Waals surface area contributed by atoms with Crippen LogP contribution in [0.4, 0.5) is 0 Å². The van der Waals surface area contributed by atoms with Crippen LogP contribution < -0.4 is 0 Å². The van der Waals surface area contributed by atoms with Crippen LogP contribution in [0.5, 0.6) is 0 Å². The van der Waals surface area contributed by atoms with Crippen molar-refractivity contribution in [2.45, 2.75) is 74.6 Å². The summed E-state index contributed by atoms with van der Waals surface area (Å²) in [5.41, 5.74) is 0.313. The molecule has 98 valence electrons. The number of halogens is 1. The molecule has 17 heavy (non-hydrogen) atoms. The van der Waals surface area contributed by atoms with Crippen LogP contribution in [0.1, 0.15) is 64.2 Å². The van der Waals surface area contributed by atoms with Gasteiger partial charge in [0.25, 0.3) is 0 Å². The summed E-state index contributed by atoms with van der Waals surface area (Å²) >= 11 is 3.95. The Morgan fingerprint density at radius 1 is 0.941 bits per heavy atom.